The van der Waals surface area contributed by atoms with Crippen LogP contribution in [0.3, 0.4) is 0 Å². The van der Waals surface area contributed by atoms with Gasteiger partial charge in [0.15, 0.2) is 0 Å². The molecule has 3 rings (SSSR count). The van der Waals surface area contributed by atoms with Gasteiger partial charge in [-0.25, -0.2) is 0 Å². The molecule has 1 saturated heterocycles. The molecule has 2 N–H and O–H groups in total. The van der Waals surface area contributed by atoms with E-state index in [0.717, 1.165) is 37.4 Å². The maximum Gasteiger partial charge on any atom is 0.251 e. The third kappa shape index (κ3) is 5.95. The molecule has 154 valence electrons. The van der Waals surface area contributed by atoms with Crippen molar-refractivity contribution >= 4 is 34.8 Å². The largest absolute Gasteiger partial charge is 0.369 e. The van der Waals surface area contributed by atoms with E-state index >= 15 is 0 Å². The van der Waals surface area contributed by atoms with Crippen molar-refractivity contribution in [3.05, 3.63) is 58.6 Å². The van der Waals surface area contributed by atoms with E-state index in [2.05, 4.69) is 39.6 Å². The van der Waals surface area contributed by atoms with Gasteiger partial charge in [-0.2, -0.15) is 0 Å². The third-order valence-corrected chi connectivity index (χ3v) is 5.35. The van der Waals surface area contributed by atoms with E-state index in [1.54, 1.807) is 24.3 Å². The molecule has 29 heavy (non-hydrogen) atoms. The molecular formula is C22H27ClN4O2. The molecule has 0 aliphatic carbocycles. The molecule has 1 aliphatic heterocycles. The summed E-state index contributed by atoms with van der Waals surface area (Å²) >= 11 is 5.82. The van der Waals surface area contributed by atoms with Crippen molar-refractivity contribution in [1.82, 2.24) is 10.2 Å². The Morgan fingerprint density at radius 2 is 1.72 bits per heavy atom. The molecule has 1 heterocycles. The van der Waals surface area contributed by atoms with Crippen molar-refractivity contribution in [2.75, 3.05) is 50.0 Å². The van der Waals surface area contributed by atoms with Crippen LogP contribution in [0.15, 0.2) is 42.5 Å². The number of carbonyl (C=O) groups is 2. The Kier molecular flexibility index (Phi) is 7.12. The summed E-state index contributed by atoms with van der Waals surface area (Å²) in [6.45, 7) is 6.39. The average Bonchev–Trinajstić information content (AvgIpc) is 2.70. The number of rotatable bonds is 6. The topological polar surface area (TPSA) is 64.7 Å². The maximum absolute atomic E-state index is 12.3. The summed E-state index contributed by atoms with van der Waals surface area (Å²) in [5.41, 5.74) is 3.53. The number of nitrogens with one attached hydrogen (secondary N) is 2. The van der Waals surface area contributed by atoms with Crippen LogP contribution in [-0.4, -0.2) is 56.5 Å². The van der Waals surface area contributed by atoms with Crippen LogP contribution in [0.25, 0.3) is 0 Å². The van der Waals surface area contributed by atoms with E-state index in [-0.39, 0.29) is 24.8 Å². The van der Waals surface area contributed by atoms with Gasteiger partial charge in [0, 0.05) is 61.1 Å². The number of aryl methyl sites for hydroxylation is 1. The van der Waals surface area contributed by atoms with Gasteiger partial charge in [0.2, 0.25) is 5.91 Å². The minimum Gasteiger partial charge on any atom is -0.369 e. The van der Waals surface area contributed by atoms with Crippen molar-refractivity contribution in [2.24, 2.45) is 0 Å². The summed E-state index contributed by atoms with van der Waals surface area (Å²) in [4.78, 5) is 29.0. The first-order valence-electron chi connectivity index (χ1n) is 9.80. The van der Waals surface area contributed by atoms with E-state index in [1.807, 2.05) is 13.0 Å². The number of piperazine rings is 1. The lowest BCUT2D eigenvalue weighted by Gasteiger charge is -2.34. The van der Waals surface area contributed by atoms with Crippen molar-refractivity contribution in [3.63, 3.8) is 0 Å². The van der Waals surface area contributed by atoms with Crippen molar-refractivity contribution in [3.8, 4) is 0 Å². The quantitative estimate of drug-likeness (QED) is 0.762. The van der Waals surface area contributed by atoms with Crippen molar-refractivity contribution in [1.29, 1.82) is 0 Å². The molecule has 0 saturated carbocycles. The Morgan fingerprint density at radius 1 is 1.03 bits per heavy atom. The van der Waals surface area contributed by atoms with Gasteiger partial charge >= 0.3 is 0 Å². The number of hydrogen-bond donors (Lipinski definition) is 2. The summed E-state index contributed by atoms with van der Waals surface area (Å²) in [6.07, 6.45) is 0.207. The lowest BCUT2D eigenvalue weighted by Crippen LogP contribution is -2.44. The lowest BCUT2D eigenvalue weighted by molar-refractivity contribution is -0.116. The molecule has 0 radical (unpaired) electrons. The van der Waals surface area contributed by atoms with Crippen molar-refractivity contribution in [2.45, 2.75) is 13.3 Å². The van der Waals surface area contributed by atoms with Crippen LogP contribution in [0.1, 0.15) is 22.3 Å². The van der Waals surface area contributed by atoms with Gasteiger partial charge in [0.05, 0.1) is 0 Å². The predicted octanol–water partition coefficient (Wildman–Crippen LogP) is 3.16. The van der Waals surface area contributed by atoms with E-state index in [9.17, 15) is 9.59 Å². The SMILES string of the molecule is Cc1cc(N2CCN(C)CC2)ccc1NC(=O)CCNC(=O)c1ccc(Cl)cc1. The highest BCUT2D eigenvalue weighted by Crippen LogP contribution is 2.23. The molecule has 0 atom stereocenters. The molecule has 0 unspecified atom stereocenters. The van der Waals surface area contributed by atoms with E-state index < -0.39 is 0 Å². The molecule has 0 spiro atoms. The molecular weight excluding hydrogens is 388 g/mol. The molecule has 1 fully saturated rings. The number of nitrogens with zero attached hydrogens (tertiary/aromatic N) is 2. The first-order chi connectivity index (χ1) is 13.9. The molecule has 2 amide bonds. The molecule has 2 aromatic carbocycles. The standard InChI is InChI=1S/C22H27ClN4O2/c1-16-15-19(27-13-11-26(2)12-14-27)7-8-20(16)25-21(28)9-10-24-22(29)17-3-5-18(23)6-4-17/h3-8,15H,9-14H2,1-2H3,(H,24,29)(H,25,28). The van der Waals surface area contributed by atoms with E-state index in [1.165, 1.54) is 5.69 Å². The molecule has 2 aromatic rings. The Balaban J connectivity index is 1.47. The van der Waals surface area contributed by atoms with Gasteiger partial charge in [-0.05, 0) is 62.0 Å². The first kappa shape index (κ1) is 21.1. The number of halogens is 1. The molecule has 7 heteroatoms. The second-order valence-electron chi connectivity index (χ2n) is 7.35. The summed E-state index contributed by atoms with van der Waals surface area (Å²) in [7, 11) is 2.14. The Bertz CT molecular complexity index is 862. The third-order valence-electron chi connectivity index (χ3n) is 5.10. The number of hydrogen-bond acceptors (Lipinski definition) is 4. The second-order valence-corrected chi connectivity index (χ2v) is 7.79. The summed E-state index contributed by atoms with van der Waals surface area (Å²) in [5, 5.41) is 6.26. The van der Waals surface area contributed by atoms with Crippen LogP contribution in [0, 0.1) is 6.92 Å². The van der Waals surface area contributed by atoms with Crippen LogP contribution < -0.4 is 15.5 Å². The Morgan fingerprint density at radius 3 is 2.38 bits per heavy atom. The lowest BCUT2D eigenvalue weighted by atomic mass is 10.1. The normalized spacial score (nSPS) is 14.5. The second kappa shape index (κ2) is 9.76. The van der Waals surface area contributed by atoms with Gasteiger partial charge < -0.3 is 20.4 Å². The van der Waals surface area contributed by atoms with Gasteiger partial charge in [0.1, 0.15) is 0 Å². The maximum atomic E-state index is 12.3. The zero-order valence-electron chi connectivity index (χ0n) is 16.9. The van der Waals surface area contributed by atoms with Gasteiger partial charge in [-0.1, -0.05) is 11.6 Å². The molecule has 1 aliphatic rings. The Labute approximate surface area is 176 Å². The van der Waals surface area contributed by atoms with Crippen LogP contribution in [0.5, 0.6) is 0 Å². The summed E-state index contributed by atoms with van der Waals surface area (Å²) in [6, 6.07) is 12.8. The fraction of sp³-hybridized carbons (Fsp3) is 0.364. The fourth-order valence-electron chi connectivity index (χ4n) is 3.26. The Hall–Kier alpha value is -2.57. The highest BCUT2D eigenvalue weighted by atomic mass is 35.5. The monoisotopic (exact) mass is 414 g/mol. The van der Waals surface area contributed by atoms with Gasteiger partial charge in [-0.3, -0.25) is 9.59 Å². The van der Waals surface area contributed by atoms with Crippen LogP contribution in [0.2, 0.25) is 5.02 Å². The fourth-order valence-corrected chi connectivity index (χ4v) is 3.38. The number of carbonyl (C=O) groups excluding carboxylic acids is 2. The smallest absolute Gasteiger partial charge is 0.251 e. The van der Waals surface area contributed by atoms with E-state index in [0.29, 0.717) is 10.6 Å². The number of anilines is 2. The zero-order valence-corrected chi connectivity index (χ0v) is 17.6. The van der Waals surface area contributed by atoms with Crippen LogP contribution in [0.4, 0.5) is 11.4 Å². The predicted molar refractivity (Wildman–Crippen MR) is 118 cm³/mol. The highest BCUT2D eigenvalue weighted by molar-refractivity contribution is 6.30. The minimum atomic E-state index is -0.220. The number of amides is 2. The van der Waals surface area contributed by atoms with Gasteiger partial charge in [-0.15, -0.1) is 0 Å². The molecule has 6 nitrogen and oxygen atoms in total. The molecule has 0 bridgehead atoms. The van der Waals surface area contributed by atoms with Crippen LogP contribution in [-0.2, 0) is 4.79 Å². The van der Waals surface area contributed by atoms with Crippen molar-refractivity contribution < 1.29 is 9.59 Å². The zero-order chi connectivity index (χ0) is 20.8. The van der Waals surface area contributed by atoms with Gasteiger partial charge in [0.25, 0.3) is 5.91 Å². The first-order valence-corrected chi connectivity index (χ1v) is 10.2. The van der Waals surface area contributed by atoms with Crippen LogP contribution >= 0.6 is 11.6 Å². The number of benzene rings is 2. The minimum absolute atomic E-state index is 0.128. The molecule has 0 aromatic heterocycles. The summed E-state index contributed by atoms with van der Waals surface area (Å²) in [5.74, 6) is -0.348. The highest BCUT2D eigenvalue weighted by Gasteiger charge is 2.15. The summed E-state index contributed by atoms with van der Waals surface area (Å²) < 4.78 is 0. The number of likely N-dealkylation sites (N-methyl/N-ethyl adjacent to an activating group) is 1. The average molecular weight is 415 g/mol. The van der Waals surface area contributed by atoms with E-state index in [4.69, 9.17) is 11.6 Å².